The predicted octanol–water partition coefficient (Wildman–Crippen LogP) is 4.32. The zero-order chi connectivity index (χ0) is 26.5. The minimum absolute atomic E-state index is 0.374. The van der Waals surface area contributed by atoms with Crippen molar-refractivity contribution in [3.8, 4) is 23.0 Å². The summed E-state index contributed by atoms with van der Waals surface area (Å²) in [6, 6.07) is 20.3. The summed E-state index contributed by atoms with van der Waals surface area (Å²) in [6.45, 7) is 4.48. The van der Waals surface area contributed by atoms with Gasteiger partial charge < -0.3 is 9.64 Å². The van der Waals surface area contributed by atoms with Crippen LogP contribution in [0.25, 0.3) is 21.9 Å². The predicted molar refractivity (Wildman–Crippen MR) is 149 cm³/mol. The number of pyridine rings is 1. The smallest absolute Gasteiger partial charge is 0.277 e. The Morgan fingerprint density at radius 2 is 1.68 bits per heavy atom. The summed E-state index contributed by atoms with van der Waals surface area (Å²) < 4.78 is 5.43. The summed E-state index contributed by atoms with van der Waals surface area (Å²) >= 11 is 0. The maximum absolute atomic E-state index is 12.7. The van der Waals surface area contributed by atoms with Gasteiger partial charge in [0, 0.05) is 68.2 Å². The van der Waals surface area contributed by atoms with Crippen LogP contribution in [0.3, 0.4) is 0 Å². The first kappa shape index (κ1) is 25.4. The van der Waals surface area contributed by atoms with Gasteiger partial charge in [0.05, 0.1) is 24.5 Å². The van der Waals surface area contributed by atoms with E-state index in [4.69, 9.17) is 4.74 Å². The Morgan fingerprint density at radius 1 is 1.03 bits per heavy atom. The summed E-state index contributed by atoms with van der Waals surface area (Å²) in [5.74, 6) is 5.93. The minimum atomic E-state index is -0.577. The maximum atomic E-state index is 12.7. The Balaban J connectivity index is 1.40. The third kappa shape index (κ3) is 5.53. The molecule has 4 aromatic rings. The molecule has 1 amide bonds. The van der Waals surface area contributed by atoms with E-state index in [0.717, 1.165) is 60.5 Å². The third-order valence-electron chi connectivity index (χ3n) is 6.70. The fourth-order valence-electron chi connectivity index (χ4n) is 4.78. The number of carbonyl (C=O) groups excluding carboxylic acids is 1. The molecule has 1 saturated heterocycles. The van der Waals surface area contributed by atoms with Crippen LogP contribution in [0.5, 0.6) is 0 Å². The number of benzene rings is 3. The van der Waals surface area contributed by atoms with Gasteiger partial charge in [0.15, 0.2) is 0 Å². The van der Waals surface area contributed by atoms with E-state index in [2.05, 4.69) is 46.0 Å². The molecule has 1 aromatic heterocycles. The van der Waals surface area contributed by atoms with Crippen molar-refractivity contribution in [3.05, 3.63) is 95.3 Å². The van der Waals surface area contributed by atoms with E-state index in [1.807, 2.05) is 55.4 Å². The second-order valence-corrected chi connectivity index (χ2v) is 9.49. The van der Waals surface area contributed by atoms with Gasteiger partial charge in [0.1, 0.15) is 0 Å². The number of fused-ring (bicyclic) bond motifs is 1. The van der Waals surface area contributed by atoms with Gasteiger partial charge in [-0.2, -0.15) is 0 Å². The number of amides is 1. The standard InChI is InChI=1S/C31H30N4O3/c1-34(2)30-27(19-26-13-14-32-20-28(26)29(30)31(36)33-37)25-11-9-23(10-12-25)4-3-22-5-7-24(8-6-22)21-35-15-17-38-18-16-35/h5-14,19-20,37H,15-18,21H2,1-2H3,(H,33,36). The van der Waals surface area contributed by atoms with E-state index in [1.165, 1.54) is 5.56 Å². The fourth-order valence-corrected chi connectivity index (χ4v) is 4.78. The highest BCUT2D eigenvalue weighted by Crippen LogP contribution is 2.38. The lowest BCUT2D eigenvalue weighted by molar-refractivity contribution is 0.0342. The van der Waals surface area contributed by atoms with Crippen LogP contribution in [-0.4, -0.2) is 61.4 Å². The molecule has 2 heterocycles. The van der Waals surface area contributed by atoms with E-state index in [1.54, 1.807) is 17.9 Å². The number of aromatic nitrogens is 1. The highest BCUT2D eigenvalue weighted by atomic mass is 16.5. The molecule has 1 aliphatic rings. The molecule has 0 bridgehead atoms. The summed E-state index contributed by atoms with van der Waals surface area (Å²) in [5.41, 5.74) is 7.83. The molecular weight excluding hydrogens is 476 g/mol. The van der Waals surface area contributed by atoms with Gasteiger partial charge in [-0.15, -0.1) is 0 Å². The zero-order valence-corrected chi connectivity index (χ0v) is 21.6. The number of hydrogen-bond acceptors (Lipinski definition) is 6. The van der Waals surface area contributed by atoms with Crippen LogP contribution in [0.2, 0.25) is 0 Å². The Morgan fingerprint density at radius 3 is 2.32 bits per heavy atom. The van der Waals surface area contributed by atoms with Gasteiger partial charge in [-0.1, -0.05) is 36.1 Å². The average molecular weight is 507 g/mol. The van der Waals surface area contributed by atoms with E-state index in [-0.39, 0.29) is 0 Å². The van der Waals surface area contributed by atoms with Gasteiger partial charge in [0.25, 0.3) is 5.91 Å². The maximum Gasteiger partial charge on any atom is 0.277 e. The normalized spacial score (nSPS) is 13.6. The Bertz CT molecular complexity index is 1500. The van der Waals surface area contributed by atoms with Crippen molar-refractivity contribution in [2.75, 3.05) is 45.3 Å². The van der Waals surface area contributed by atoms with Gasteiger partial charge in [0.2, 0.25) is 0 Å². The average Bonchev–Trinajstić information content (AvgIpc) is 2.96. The van der Waals surface area contributed by atoms with E-state index < -0.39 is 5.91 Å². The summed E-state index contributed by atoms with van der Waals surface area (Å²) in [6.07, 6.45) is 3.33. The van der Waals surface area contributed by atoms with Crippen molar-refractivity contribution in [1.29, 1.82) is 0 Å². The molecule has 7 nitrogen and oxygen atoms in total. The number of anilines is 1. The first-order chi connectivity index (χ1) is 18.5. The van der Waals surface area contributed by atoms with Crippen molar-refractivity contribution >= 4 is 22.4 Å². The highest BCUT2D eigenvalue weighted by Gasteiger charge is 2.21. The second-order valence-electron chi connectivity index (χ2n) is 9.49. The van der Waals surface area contributed by atoms with E-state index in [0.29, 0.717) is 16.6 Å². The molecule has 5 rings (SSSR count). The molecule has 38 heavy (non-hydrogen) atoms. The van der Waals surface area contributed by atoms with Crippen molar-refractivity contribution < 1.29 is 14.7 Å². The number of carbonyl (C=O) groups is 1. The van der Waals surface area contributed by atoms with Crippen LogP contribution in [0.15, 0.2) is 73.1 Å². The molecule has 0 unspecified atom stereocenters. The number of nitrogens with zero attached hydrogens (tertiary/aromatic N) is 3. The van der Waals surface area contributed by atoms with Gasteiger partial charge >= 0.3 is 0 Å². The van der Waals surface area contributed by atoms with Gasteiger partial charge in [-0.25, -0.2) is 5.48 Å². The Labute approximate surface area is 222 Å². The molecule has 0 spiro atoms. The molecule has 2 N–H and O–H groups in total. The summed E-state index contributed by atoms with van der Waals surface area (Å²) in [5, 5.41) is 11.0. The largest absolute Gasteiger partial charge is 0.379 e. The molecule has 3 aromatic carbocycles. The molecule has 0 atom stereocenters. The van der Waals surface area contributed by atoms with Crippen LogP contribution >= 0.6 is 0 Å². The molecule has 1 aliphatic heterocycles. The summed E-state index contributed by atoms with van der Waals surface area (Å²) in [4.78, 5) is 21.1. The van der Waals surface area contributed by atoms with E-state index in [9.17, 15) is 10.0 Å². The monoisotopic (exact) mass is 506 g/mol. The second kappa shape index (κ2) is 11.4. The Kier molecular flexibility index (Phi) is 7.66. The van der Waals surface area contributed by atoms with Gasteiger partial charge in [-0.05, 0) is 52.9 Å². The van der Waals surface area contributed by atoms with E-state index >= 15 is 0 Å². The SMILES string of the molecule is CN(C)c1c(-c2ccc(C#Cc3ccc(CN4CCOCC4)cc3)cc2)cc2ccncc2c1C(=O)NO. The quantitative estimate of drug-likeness (QED) is 0.239. The van der Waals surface area contributed by atoms with Crippen LogP contribution < -0.4 is 10.4 Å². The van der Waals surface area contributed by atoms with Crippen molar-refractivity contribution in [2.24, 2.45) is 0 Å². The lowest BCUT2D eigenvalue weighted by Gasteiger charge is -2.26. The number of morpholine rings is 1. The number of rotatable bonds is 5. The van der Waals surface area contributed by atoms with Crippen molar-refractivity contribution in [1.82, 2.24) is 15.4 Å². The van der Waals surface area contributed by atoms with Crippen molar-refractivity contribution in [3.63, 3.8) is 0 Å². The van der Waals surface area contributed by atoms with Crippen LogP contribution in [-0.2, 0) is 11.3 Å². The van der Waals surface area contributed by atoms with Crippen LogP contribution in [0.4, 0.5) is 5.69 Å². The number of hydrogen-bond donors (Lipinski definition) is 2. The number of ether oxygens (including phenoxy) is 1. The lowest BCUT2D eigenvalue weighted by atomic mass is 9.93. The molecule has 192 valence electrons. The van der Waals surface area contributed by atoms with Crippen LogP contribution in [0, 0.1) is 11.8 Å². The number of nitrogens with one attached hydrogen (secondary N) is 1. The Hall–Kier alpha value is -4.22. The first-order valence-electron chi connectivity index (χ1n) is 12.6. The topological polar surface area (TPSA) is 77.9 Å². The third-order valence-corrected chi connectivity index (χ3v) is 6.70. The first-order valence-corrected chi connectivity index (χ1v) is 12.6. The highest BCUT2D eigenvalue weighted by molar-refractivity contribution is 6.14. The lowest BCUT2D eigenvalue weighted by Crippen LogP contribution is -2.35. The number of hydroxylamine groups is 1. The molecule has 1 fully saturated rings. The van der Waals surface area contributed by atoms with Crippen molar-refractivity contribution in [2.45, 2.75) is 6.54 Å². The van der Waals surface area contributed by atoms with Crippen LogP contribution in [0.1, 0.15) is 27.0 Å². The summed E-state index contributed by atoms with van der Waals surface area (Å²) in [7, 11) is 3.75. The molecule has 0 radical (unpaired) electrons. The van der Waals surface area contributed by atoms with Gasteiger partial charge in [-0.3, -0.25) is 19.9 Å². The zero-order valence-electron chi connectivity index (χ0n) is 21.6. The molecular formula is C31H30N4O3. The molecule has 7 heteroatoms. The molecule has 0 aliphatic carbocycles. The minimum Gasteiger partial charge on any atom is -0.379 e. The molecule has 0 saturated carbocycles. The fraction of sp³-hybridized carbons (Fsp3) is 0.226.